The number of fused-ring (bicyclic) bond motifs is 1. The highest BCUT2D eigenvalue weighted by molar-refractivity contribution is 7.89. The number of allylic oxidation sites excluding steroid dienone is 1. The van der Waals surface area contributed by atoms with Gasteiger partial charge in [-0.3, -0.25) is 4.79 Å². The number of aromatic nitrogens is 1. The van der Waals surface area contributed by atoms with E-state index < -0.39 is 15.9 Å². The van der Waals surface area contributed by atoms with Gasteiger partial charge in [-0.25, -0.2) is 8.42 Å². The van der Waals surface area contributed by atoms with Crippen molar-refractivity contribution in [2.45, 2.75) is 37.6 Å². The summed E-state index contributed by atoms with van der Waals surface area (Å²) in [7, 11) is -2.17. The zero-order valence-electron chi connectivity index (χ0n) is 19.4. The second kappa shape index (κ2) is 10.2. The Balaban J connectivity index is 1.61. The number of ether oxygens (including phenoxy) is 1. The number of methoxy groups -OCH3 is 1. The van der Waals surface area contributed by atoms with Gasteiger partial charge in [0.15, 0.2) is 4.80 Å². The average molecular weight is 500 g/mol. The van der Waals surface area contributed by atoms with Crippen LogP contribution in [0.1, 0.15) is 25.3 Å². The molecule has 1 atom stereocenters. The van der Waals surface area contributed by atoms with E-state index >= 15 is 0 Å². The van der Waals surface area contributed by atoms with Gasteiger partial charge >= 0.3 is 0 Å². The summed E-state index contributed by atoms with van der Waals surface area (Å²) in [5, 5.41) is 0. The van der Waals surface area contributed by atoms with Crippen molar-refractivity contribution < 1.29 is 17.9 Å². The van der Waals surface area contributed by atoms with Crippen LogP contribution >= 0.6 is 11.3 Å². The van der Waals surface area contributed by atoms with Crippen molar-refractivity contribution in [3.05, 3.63) is 65.5 Å². The molecule has 1 saturated heterocycles. The first-order valence-corrected chi connectivity index (χ1v) is 13.6. The van der Waals surface area contributed by atoms with Crippen molar-refractivity contribution in [1.82, 2.24) is 8.87 Å². The number of amides is 1. The Labute approximate surface area is 204 Å². The van der Waals surface area contributed by atoms with Crippen LogP contribution in [0.4, 0.5) is 0 Å². The van der Waals surface area contributed by atoms with Crippen LogP contribution in [0.25, 0.3) is 10.2 Å². The number of aryl methyl sites for hydroxylation is 1. The lowest BCUT2D eigenvalue weighted by Gasteiger charge is -2.30. The first-order chi connectivity index (χ1) is 16.4. The SMILES string of the molecule is C=CCn1c(=NC(=O)C2CCCN(S(=O)(=O)c3ccc(OC)cc3)C2)sc2cc(CC)ccc21. The van der Waals surface area contributed by atoms with Crippen molar-refractivity contribution in [2.75, 3.05) is 20.2 Å². The molecule has 0 radical (unpaired) electrons. The summed E-state index contributed by atoms with van der Waals surface area (Å²) >= 11 is 1.48. The zero-order chi connectivity index (χ0) is 24.3. The molecule has 4 rings (SSSR count). The summed E-state index contributed by atoms with van der Waals surface area (Å²) < 4.78 is 35.9. The molecule has 0 saturated carbocycles. The van der Waals surface area contributed by atoms with Crippen LogP contribution in [0.15, 0.2) is 65.0 Å². The van der Waals surface area contributed by atoms with Gasteiger partial charge in [-0.05, 0) is 61.2 Å². The molecule has 1 aliphatic heterocycles. The molecule has 0 spiro atoms. The van der Waals surface area contributed by atoms with Gasteiger partial charge in [0.05, 0.1) is 28.1 Å². The molecule has 9 heteroatoms. The lowest BCUT2D eigenvalue weighted by atomic mass is 9.99. The number of hydrogen-bond donors (Lipinski definition) is 0. The standard InChI is InChI=1S/C25H29N3O4S2/c1-4-14-28-22-13-8-18(5-2)16-23(22)33-25(28)26-24(29)19-7-6-15-27(17-19)34(30,31)21-11-9-20(32-3)10-12-21/h4,8-13,16,19H,1,5-7,14-15,17H2,2-3H3. The van der Waals surface area contributed by atoms with Crippen molar-refractivity contribution in [2.24, 2.45) is 10.9 Å². The van der Waals surface area contributed by atoms with E-state index in [-0.39, 0.29) is 17.3 Å². The quantitative estimate of drug-likeness (QED) is 0.461. The molecule has 0 N–H and O–H groups in total. The molecule has 1 aromatic heterocycles. The van der Waals surface area contributed by atoms with E-state index in [2.05, 4.69) is 36.7 Å². The Morgan fingerprint density at radius 2 is 2.03 bits per heavy atom. The van der Waals surface area contributed by atoms with Gasteiger partial charge in [0.25, 0.3) is 5.91 Å². The molecule has 1 amide bonds. The molecule has 7 nitrogen and oxygen atoms in total. The van der Waals surface area contributed by atoms with E-state index in [0.29, 0.717) is 36.5 Å². The number of piperidine rings is 1. The predicted octanol–water partition coefficient (Wildman–Crippen LogP) is 3.99. The van der Waals surface area contributed by atoms with Crippen LogP contribution in [-0.2, 0) is 27.8 Å². The van der Waals surface area contributed by atoms with E-state index in [1.807, 2.05) is 4.57 Å². The Morgan fingerprint density at radius 1 is 1.26 bits per heavy atom. The van der Waals surface area contributed by atoms with Gasteiger partial charge < -0.3 is 9.30 Å². The van der Waals surface area contributed by atoms with Crippen LogP contribution in [0.5, 0.6) is 5.75 Å². The molecule has 0 aliphatic carbocycles. The highest BCUT2D eigenvalue weighted by Gasteiger charge is 2.33. The summed E-state index contributed by atoms with van der Waals surface area (Å²) in [6, 6.07) is 12.6. The van der Waals surface area contributed by atoms with E-state index in [1.54, 1.807) is 18.2 Å². The average Bonchev–Trinajstić information content (AvgIpc) is 3.20. The number of rotatable bonds is 7. The summed E-state index contributed by atoms with van der Waals surface area (Å²) in [6.07, 6.45) is 3.94. The highest BCUT2D eigenvalue weighted by atomic mass is 32.2. The van der Waals surface area contributed by atoms with Crippen LogP contribution in [-0.4, -0.2) is 43.4 Å². The largest absolute Gasteiger partial charge is 0.497 e. The van der Waals surface area contributed by atoms with E-state index in [0.717, 1.165) is 16.6 Å². The minimum absolute atomic E-state index is 0.128. The van der Waals surface area contributed by atoms with Crippen molar-refractivity contribution in [3.63, 3.8) is 0 Å². The van der Waals surface area contributed by atoms with Crippen LogP contribution in [0, 0.1) is 5.92 Å². The number of thiazole rings is 1. The molecule has 1 fully saturated rings. The van der Waals surface area contributed by atoms with E-state index in [9.17, 15) is 13.2 Å². The Bertz CT molecular complexity index is 1370. The second-order valence-corrected chi connectivity index (χ2v) is 11.2. The van der Waals surface area contributed by atoms with Crippen LogP contribution in [0.2, 0.25) is 0 Å². The molecular weight excluding hydrogens is 470 g/mol. The monoisotopic (exact) mass is 499 g/mol. The fourth-order valence-electron chi connectivity index (χ4n) is 4.17. The summed E-state index contributed by atoms with van der Waals surface area (Å²) in [6.45, 7) is 7.00. The minimum atomic E-state index is -3.70. The zero-order valence-corrected chi connectivity index (χ0v) is 21.1. The van der Waals surface area contributed by atoms with Crippen molar-refractivity contribution in [1.29, 1.82) is 0 Å². The maximum Gasteiger partial charge on any atom is 0.252 e. The molecule has 180 valence electrons. The van der Waals surface area contributed by atoms with Gasteiger partial charge in [0.2, 0.25) is 10.0 Å². The first kappa shape index (κ1) is 24.4. The number of hydrogen-bond acceptors (Lipinski definition) is 5. The van der Waals surface area contributed by atoms with E-state index in [4.69, 9.17) is 4.74 Å². The van der Waals surface area contributed by atoms with E-state index in [1.165, 1.54) is 40.4 Å². The number of nitrogens with zero attached hydrogens (tertiary/aromatic N) is 3. The third-order valence-electron chi connectivity index (χ3n) is 6.10. The number of sulfonamides is 1. The molecular formula is C25H29N3O4S2. The van der Waals surface area contributed by atoms with Crippen molar-refractivity contribution in [3.8, 4) is 5.75 Å². The Kier molecular flexibility index (Phi) is 7.35. The second-order valence-electron chi connectivity index (χ2n) is 8.27. The van der Waals surface area contributed by atoms with Crippen molar-refractivity contribution >= 4 is 37.5 Å². The fraction of sp³-hybridized carbons (Fsp3) is 0.360. The normalized spacial score (nSPS) is 17.7. The first-order valence-electron chi connectivity index (χ1n) is 11.3. The molecule has 2 aromatic carbocycles. The van der Waals surface area contributed by atoms with Gasteiger partial charge in [-0.1, -0.05) is 30.4 Å². The summed E-state index contributed by atoms with van der Waals surface area (Å²) in [5.74, 6) is -0.170. The predicted molar refractivity (Wildman–Crippen MR) is 134 cm³/mol. The highest BCUT2D eigenvalue weighted by Crippen LogP contribution is 2.26. The van der Waals surface area contributed by atoms with Gasteiger partial charge in [0.1, 0.15) is 5.75 Å². The maximum atomic E-state index is 13.2. The molecule has 34 heavy (non-hydrogen) atoms. The lowest BCUT2D eigenvalue weighted by molar-refractivity contribution is -0.122. The smallest absolute Gasteiger partial charge is 0.252 e. The molecule has 3 aromatic rings. The minimum Gasteiger partial charge on any atom is -0.497 e. The third-order valence-corrected chi connectivity index (χ3v) is 9.02. The summed E-state index contributed by atoms with van der Waals surface area (Å²) in [4.78, 5) is 18.4. The Hall–Kier alpha value is -2.75. The Morgan fingerprint density at radius 3 is 2.71 bits per heavy atom. The lowest BCUT2D eigenvalue weighted by Crippen LogP contribution is -2.42. The summed E-state index contributed by atoms with van der Waals surface area (Å²) in [5.41, 5.74) is 2.24. The molecule has 1 aliphatic rings. The number of benzene rings is 2. The van der Waals surface area contributed by atoms with Gasteiger partial charge in [0, 0.05) is 19.6 Å². The molecule has 2 heterocycles. The van der Waals surface area contributed by atoms with Gasteiger partial charge in [-0.15, -0.1) is 6.58 Å². The molecule has 1 unspecified atom stereocenters. The fourth-order valence-corrected chi connectivity index (χ4v) is 6.81. The van der Waals surface area contributed by atoms with Gasteiger partial charge in [-0.2, -0.15) is 9.30 Å². The molecule has 0 bridgehead atoms. The topological polar surface area (TPSA) is 81.0 Å². The number of carbonyl (C=O) groups excluding carboxylic acids is 1. The number of carbonyl (C=O) groups is 1. The van der Waals surface area contributed by atoms with Crippen LogP contribution in [0.3, 0.4) is 0 Å². The maximum absolute atomic E-state index is 13.2. The van der Waals surface area contributed by atoms with Crippen LogP contribution < -0.4 is 9.54 Å². The third kappa shape index (κ3) is 4.87.